The van der Waals surface area contributed by atoms with Crippen LogP contribution in [0.15, 0.2) is 0 Å². The summed E-state index contributed by atoms with van der Waals surface area (Å²) in [6.45, 7) is 7.45. The first-order chi connectivity index (χ1) is 7.44. The van der Waals surface area contributed by atoms with Gasteiger partial charge in [-0.2, -0.15) is 0 Å². The number of hydrogen-bond donors (Lipinski definition) is 2. The lowest BCUT2D eigenvalue weighted by Gasteiger charge is -2.39. The van der Waals surface area contributed by atoms with Crippen LogP contribution in [0.3, 0.4) is 0 Å². The summed E-state index contributed by atoms with van der Waals surface area (Å²) in [5, 5.41) is 3.02. The predicted octanol–water partition coefficient (Wildman–Crippen LogP) is 1.70. The minimum absolute atomic E-state index is 0.0608. The summed E-state index contributed by atoms with van der Waals surface area (Å²) < 4.78 is 0. The molecule has 0 unspecified atom stereocenters. The zero-order chi connectivity index (χ0) is 12.2. The molecule has 1 saturated carbocycles. The molecule has 0 radical (unpaired) electrons. The molecule has 0 aromatic carbocycles. The van der Waals surface area contributed by atoms with Crippen molar-refractivity contribution in [1.29, 1.82) is 0 Å². The van der Waals surface area contributed by atoms with Gasteiger partial charge in [-0.15, -0.1) is 0 Å². The quantitative estimate of drug-likeness (QED) is 0.768. The third-order valence-corrected chi connectivity index (χ3v) is 2.86. The minimum Gasteiger partial charge on any atom is -0.333 e. The maximum Gasteiger partial charge on any atom is 0.318 e. The first-order valence-electron chi connectivity index (χ1n) is 6.23. The minimum atomic E-state index is -0.165. The van der Waals surface area contributed by atoms with Crippen molar-refractivity contribution < 1.29 is 4.79 Å². The zero-order valence-electron chi connectivity index (χ0n) is 10.8. The molecule has 0 aromatic rings. The van der Waals surface area contributed by atoms with E-state index in [1.54, 1.807) is 0 Å². The second-order valence-corrected chi connectivity index (χ2v) is 5.60. The van der Waals surface area contributed by atoms with Gasteiger partial charge in [-0.25, -0.2) is 4.79 Å². The monoisotopic (exact) mass is 227 g/mol. The smallest absolute Gasteiger partial charge is 0.318 e. The van der Waals surface area contributed by atoms with Crippen LogP contribution >= 0.6 is 0 Å². The number of nitrogens with zero attached hydrogens (tertiary/aromatic N) is 1. The number of carbonyl (C=O) groups excluding carboxylic acids is 1. The van der Waals surface area contributed by atoms with Gasteiger partial charge >= 0.3 is 6.03 Å². The van der Waals surface area contributed by atoms with E-state index < -0.39 is 0 Å². The van der Waals surface area contributed by atoms with Gasteiger partial charge in [0.05, 0.1) is 0 Å². The maximum absolute atomic E-state index is 12.1. The Labute approximate surface area is 98.6 Å². The van der Waals surface area contributed by atoms with Crippen LogP contribution < -0.4 is 11.1 Å². The molecular weight excluding hydrogens is 202 g/mol. The van der Waals surface area contributed by atoms with Crippen LogP contribution in [-0.4, -0.2) is 35.6 Å². The van der Waals surface area contributed by atoms with E-state index in [-0.39, 0.29) is 11.6 Å². The van der Waals surface area contributed by atoms with Gasteiger partial charge in [-0.3, -0.25) is 0 Å². The summed E-state index contributed by atoms with van der Waals surface area (Å²) in [4.78, 5) is 14.0. The van der Waals surface area contributed by atoms with Crippen molar-refractivity contribution in [2.24, 2.45) is 5.73 Å². The Balaban J connectivity index is 2.50. The summed E-state index contributed by atoms with van der Waals surface area (Å²) in [7, 11) is 0. The highest BCUT2D eigenvalue weighted by molar-refractivity contribution is 5.75. The maximum atomic E-state index is 12.1. The lowest BCUT2D eigenvalue weighted by Crippen LogP contribution is -2.54. The van der Waals surface area contributed by atoms with Crippen LogP contribution in [0.1, 0.15) is 46.5 Å². The molecular formula is C12H25N3O. The average molecular weight is 227 g/mol. The predicted molar refractivity (Wildman–Crippen MR) is 66.3 cm³/mol. The molecule has 3 N–H and O–H groups in total. The van der Waals surface area contributed by atoms with Crippen molar-refractivity contribution in [3.8, 4) is 0 Å². The van der Waals surface area contributed by atoms with E-state index >= 15 is 0 Å². The molecule has 0 bridgehead atoms. The molecule has 0 aromatic heterocycles. The molecule has 0 atom stereocenters. The number of urea groups is 1. The fraction of sp³-hybridized carbons (Fsp3) is 0.917. The molecule has 1 aliphatic carbocycles. The average Bonchev–Trinajstić information content (AvgIpc) is 2.05. The van der Waals surface area contributed by atoms with Gasteiger partial charge in [0.1, 0.15) is 0 Å². The topological polar surface area (TPSA) is 58.4 Å². The molecule has 0 heterocycles. The molecule has 0 aliphatic heterocycles. The largest absolute Gasteiger partial charge is 0.333 e. The van der Waals surface area contributed by atoms with E-state index in [1.807, 2.05) is 25.7 Å². The number of nitrogens with one attached hydrogen (secondary N) is 1. The Morgan fingerprint density at radius 3 is 2.44 bits per heavy atom. The molecule has 4 heteroatoms. The summed E-state index contributed by atoms with van der Waals surface area (Å²) in [5.74, 6) is 0. The molecule has 2 amide bonds. The van der Waals surface area contributed by atoms with Crippen LogP contribution in [0.5, 0.6) is 0 Å². The summed E-state index contributed by atoms with van der Waals surface area (Å²) in [6.07, 6.45) is 4.41. The third kappa shape index (κ3) is 4.00. The van der Waals surface area contributed by atoms with Crippen LogP contribution in [-0.2, 0) is 0 Å². The third-order valence-electron chi connectivity index (χ3n) is 2.86. The van der Waals surface area contributed by atoms with Crippen LogP contribution in [0, 0.1) is 0 Å². The van der Waals surface area contributed by atoms with Gasteiger partial charge in [-0.1, -0.05) is 0 Å². The van der Waals surface area contributed by atoms with Gasteiger partial charge in [0.25, 0.3) is 0 Å². The van der Waals surface area contributed by atoms with Gasteiger partial charge in [0.2, 0.25) is 0 Å². The highest BCUT2D eigenvalue weighted by Crippen LogP contribution is 2.25. The lowest BCUT2D eigenvalue weighted by atomic mass is 9.91. The second-order valence-electron chi connectivity index (χ2n) is 5.60. The van der Waals surface area contributed by atoms with Crippen molar-refractivity contribution in [1.82, 2.24) is 10.2 Å². The second kappa shape index (κ2) is 5.53. The van der Waals surface area contributed by atoms with E-state index in [0.717, 1.165) is 25.8 Å². The van der Waals surface area contributed by atoms with Gasteiger partial charge in [0.15, 0.2) is 0 Å². The lowest BCUT2D eigenvalue weighted by molar-refractivity contribution is 0.131. The van der Waals surface area contributed by atoms with Crippen molar-refractivity contribution in [3.05, 3.63) is 0 Å². The first-order valence-corrected chi connectivity index (χ1v) is 6.23. The zero-order valence-corrected chi connectivity index (χ0v) is 10.8. The molecule has 0 spiro atoms. The molecule has 1 fully saturated rings. The van der Waals surface area contributed by atoms with Gasteiger partial charge in [0, 0.05) is 18.1 Å². The fourth-order valence-electron chi connectivity index (χ4n) is 1.80. The summed E-state index contributed by atoms with van der Waals surface area (Å²) in [6, 6.07) is 0.500. The van der Waals surface area contributed by atoms with Crippen LogP contribution in [0.25, 0.3) is 0 Å². The Hall–Kier alpha value is -0.770. The molecule has 0 saturated heterocycles. The standard InChI is InChI=1S/C12H25N3O/c1-12(2,3)14-11(16)15(9-5-8-13)10-6-4-7-10/h10H,4-9,13H2,1-3H3,(H,14,16). The van der Waals surface area contributed by atoms with Gasteiger partial charge in [-0.05, 0) is 53.0 Å². The Morgan fingerprint density at radius 2 is 2.06 bits per heavy atom. The molecule has 1 rings (SSSR count). The van der Waals surface area contributed by atoms with Crippen LogP contribution in [0.4, 0.5) is 4.79 Å². The van der Waals surface area contributed by atoms with Crippen molar-refractivity contribution in [2.75, 3.05) is 13.1 Å². The number of carbonyl (C=O) groups is 1. The van der Waals surface area contributed by atoms with E-state index in [9.17, 15) is 4.79 Å². The van der Waals surface area contributed by atoms with E-state index in [1.165, 1.54) is 6.42 Å². The SMILES string of the molecule is CC(C)(C)NC(=O)N(CCCN)C1CCC1. The summed E-state index contributed by atoms with van der Waals surface area (Å²) >= 11 is 0. The fourth-order valence-corrected chi connectivity index (χ4v) is 1.80. The number of amides is 2. The Kier molecular flexibility index (Phi) is 4.59. The van der Waals surface area contributed by atoms with E-state index in [2.05, 4.69) is 5.32 Å². The molecule has 16 heavy (non-hydrogen) atoms. The number of rotatable bonds is 4. The van der Waals surface area contributed by atoms with Crippen molar-refractivity contribution in [2.45, 2.75) is 58.0 Å². The van der Waals surface area contributed by atoms with Crippen molar-refractivity contribution >= 4 is 6.03 Å². The highest BCUT2D eigenvalue weighted by atomic mass is 16.2. The number of nitrogens with two attached hydrogens (primary N) is 1. The normalized spacial score (nSPS) is 16.8. The highest BCUT2D eigenvalue weighted by Gasteiger charge is 2.29. The molecule has 4 nitrogen and oxygen atoms in total. The Morgan fingerprint density at radius 1 is 1.44 bits per heavy atom. The van der Waals surface area contributed by atoms with Gasteiger partial charge < -0.3 is 16.0 Å². The number of hydrogen-bond acceptors (Lipinski definition) is 2. The van der Waals surface area contributed by atoms with Crippen molar-refractivity contribution in [3.63, 3.8) is 0 Å². The first kappa shape index (κ1) is 13.3. The van der Waals surface area contributed by atoms with E-state index in [4.69, 9.17) is 5.73 Å². The molecule has 1 aliphatic rings. The molecule has 94 valence electrons. The summed E-state index contributed by atoms with van der Waals surface area (Å²) in [5.41, 5.74) is 5.34. The Bertz CT molecular complexity index is 231. The van der Waals surface area contributed by atoms with Crippen LogP contribution in [0.2, 0.25) is 0 Å². The van der Waals surface area contributed by atoms with E-state index in [0.29, 0.717) is 12.6 Å².